The molecule has 0 bridgehead atoms. The van der Waals surface area contributed by atoms with E-state index in [1.54, 1.807) is 19.5 Å². The molecule has 1 N–H and O–H groups in total. The number of fused-ring (bicyclic) bond motifs is 1. The minimum Gasteiger partial charge on any atom is -0.483 e. The highest BCUT2D eigenvalue weighted by Crippen LogP contribution is 2.27. The molecule has 2 aromatic heterocycles. The van der Waals surface area contributed by atoms with Crippen LogP contribution in [0.1, 0.15) is 29.7 Å². The first-order valence-corrected chi connectivity index (χ1v) is 9.20. The number of pyridine rings is 2. The molecule has 7 heteroatoms. The molecule has 7 nitrogen and oxygen atoms in total. The van der Waals surface area contributed by atoms with Crippen LogP contribution < -0.4 is 14.8 Å². The van der Waals surface area contributed by atoms with Gasteiger partial charge in [0.2, 0.25) is 5.88 Å². The van der Waals surface area contributed by atoms with Gasteiger partial charge in [0, 0.05) is 42.9 Å². The Kier molecular flexibility index (Phi) is 6.98. The van der Waals surface area contributed by atoms with E-state index < -0.39 is 0 Å². The van der Waals surface area contributed by atoms with Gasteiger partial charge < -0.3 is 19.5 Å². The number of rotatable bonds is 9. The normalized spacial score (nSPS) is 12.9. The summed E-state index contributed by atoms with van der Waals surface area (Å²) < 4.78 is 16.3. The lowest BCUT2D eigenvalue weighted by atomic mass is 9.95. The third-order valence-corrected chi connectivity index (χ3v) is 4.40. The standard InChI is InChI=1S/C20H25N3O4/c1-25-11-12-26-20-15(5-4-9-22-20)13-23-19(24)14-27-18-8-10-21-17-7-3-2-6-16(17)18/h4-5,8-10H,2-3,6-7,11-14H2,1H3,(H,23,24). The molecule has 27 heavy (non-hydrogen) atoms. The van der Waals surface area contributed by atoms with Crippen molar-refractivity contribution < 1.29 is 19.0 Å². The number of nitrogens with one attached hydrogen (secondary N) is 1. The Morgan fingerprint density at radius 1 is 1.11 bits per heavy atom. The van der Waals surface area contributed by atoms with Crippen LogP contribution in [0.4, 0.5) is 0 Å². The molecular formula is C20H25N3O4. The lowest BCUT2D eigenvalue weighted by Crippen LogP contribution is -2.29. The molecule has 0 unspecified atom stereocenters. The van der Waals surface area contributed by atoms with Gasteiger partial charge in [0.05, 0.1) is 6.61 Å². The number of carbonyl (C=O) groups excluding carboxylic acids is 1. The fraction of sp³-hybridized carbons (Fsp3) is 0.450. The maximum atomic E-state index is 12.2. The number of hydrogen-bond acceptors (Lipinski definition) is 6. The molecule has 0 saturated heterocycles. The fourth-order valence-electron chi connectivity index (χ4n) is 3.03. The Bertz CT molecular complexity index is 767. The van der Waals surface area contributed by atoms with Crippen LogP contribution in [0, 0.1) is 0 Å². The van der Waals surface area contributed by atoms with E-state index in [2.05, 4.69) is 15.3 Å². The van der Waals surface area contributed by atoms with Gasteiger partial charge in [-0.2, -0.15) is 0 Å². The quantitative estimate of drug-likeness (QED) is 0.680. The van der Waals surface area contributed by atoms with E-state index in [-0.39, 0.29) is 12.5 Å². The monoisotopic (exact) mass is 371 g/mol. The summed E-state index contributed by atoms with van der Waals surface area (Å²) in [6.45, 7) is 1.18. The van der Waals surface area contributed by atoms with Crippen LogP contribution in [0.25, 0.3) is 0 Å². The fourth-order valence-corrected chi connectivity index (χ4v) is 3.03. The third-order valence-electron chi connectivity index (χ3n) is 4.40. The SMILES string of the molecule is COCCOc1ncccc1CNC(=O)COc1ccnc2c1CCCC2. The topological polar surface area (TPSA) is 82.6 Å². The smallest absolute Gasteiger partial charge is 0.258 e. The maximum absolute atomic E-state index is 12.2. The van der Waals surface area contributed by atoms with Gasteiger partial charge in [0.15, 0.2) is 6.61 Å². The van der Waals surface area contributed by atoms with Gasteiger partial charge >= 0.3 is 0 Å². The highest BCUT2D eigenvalue weighted by Gasteiger charge is 2.16. The molecule has 1 amide bonds. The predicted molar refractivity (Wildman–Crippen MR) is 99.8 cm³/mol. The molecule has 0 saturated carbocycles. The number of methoxy groups -OCH3 is 1. The number of amides is 1. The lowest BCUT2D eigenvalue weighted by molar-refractivity contribution is -0.123. The molecule has 0 radical (unpaired) electrons. The van der Waals surface area contributed by atoms with Gasteiger partial charge in [-0.05, 0) is 37.8 Å². The number of aromatic nitrogens is 2. The van der Waals surface area contributed by atoms with E-state index in [9.17, 15) is 4.79 Å². The number of carbonyl (C=O) groups is 1. The summed E-state index contributed by atoms with van der Waals surface area (Å²) >= 11 is 0. The Morgan fingerprint density at radius 2 is 2.00 bits per heavy atom. The van der Waals surface area contributed by atoms with Gasteiger partial charge in [-0.15, -0.1) is 0 Å². The van der Waals surface area contributed by atoms with Crippen molar-refractivity contribution in [3.05, 3.63) is 47.4 Å². The van der Waals surface area contributed by atoms with E-state index in [0.717, 1.165) is 48.3 Å². The van der Waals surface area contributed by atoms with Crippen LogP contribution in [0.15, 0.2) is 30.6 Å². The lowest BCUT2D eigenvalue weighted by Gasteiger charge is -2.18. The van der Waals surface area contributed by atoms with Crippen LogP contribution in [-0.2, 0) is 28.9 Å². The maximum Gasteiger partial charge on any atom is 0.258 e. The summed E-state index contributed by atoms with van der Waals surface area (Å²) in [6.07, 6.45) is 7.63. The second kappa shape index (κ2) is 9.87. The van der Waals surface area contributed by atoms with Crippen molar-refractivity contribution >= 4 is 5.91 Å². The van der Waals surface area contributed by atoms with Gasteiger partial charge in [0.25, 0.3) is 5.91 Å². The Balaban J connectivity index is 1.51. The second-order valence-corrected chi connectivity index (χ2v) is 6.32. The Labute approximate surface area is 159 Å². The summed E-state index contributed by atoms with van der Waals surface area (Å²) in [6, 6.07) is 5.51. The van der Waals surface area contributed by atoms with E-state index >= 15 is 0 Å². The minimum atomic E-state index is -0.192. The molecule has 0 aromatic carbocycles. The van der Waals surface area contributed by atoms with E-state index in [4.69, 9.17) is 14.2 Å². The summed E-state index contributed by atoms with van der Waals surface area (Å²) in [5, 5.41) is 2.85. The van der Waals surface area contributed by atoms with Crippen molar-refractivity contribution in [2.75, 3.05) is 26.9 Å². The summed E-state index contributed by atoms with van der Waals surface area (Å²) in [5.74, 6) is 1.07. The first kappa shape index (κ1) is 19.1. The van der Waals surface area contributed by atoms with E-state index in [1.165, 1.54) is 0 Å². The molecule has 0 spiro atoms. The molecule has 2 aromatic rings. The largest absolute Gasteiger partial charge is 0.483 e. The van der Waals surface area contributed by atoms with E-state index in [0.29, 0.717) is 25.6 Å². The molecule has 144 valence electrons. The van der Waals surface area contributed by atoms with Crippen molar-refractivity contribution in [3.8, 4) is 11.6 Å². The van der Waals surface area contributed by atoms with Gasteiger partial charge in [-0.25, -0.2) is 4.98 Å². The average Bonchev–Trinajstić information content (AvgIpc) is 2.71. The molecule has 1 aliphatic rings. The summed E-state index contributed by atoms with van der Waals surface area (Å²) in [7, 11) is 1.61. The highest BCUT2D eigenvalue weighted by molar-refractivity contribution is 5.77. The summed E-state index contributed by atoms with van der Waals surface area (Å²) in [5.41, 5.74) is 3.04. The van der Waals surface area contributed by atoms with Gasteiger partial charge in [0.1, 0.15) is 12.4 Å². The highest BCUT2D eigenvalue weighted by atomic mass is 16.5. The van der Waals surface area contributed by atoms with Crippen LogP contribution in [-0.4, -0.2) is 42.8 Å². The number of nitrogens with zero attached hydrogens (tertiary/aromatic N) is 2. The van der Waals surface area contributed by atoms with Crippen molar-refractivity contribution in [2.45, 2.75) is 32.2 Å². The minimum absolute atomic E-state index is 0.0312. The summed E-state index contributed by atoms with van der Waals surface area (Å²) in [4.78, 5) is 20.8. The van der Waals surface area contributed by atoms with Crippen LogP contribution in [0.3, 0.4) is 0 Å². The number of ether oxygens (including phenoxy) is 3. The van der Waals surface area contributed by atoms with Crippen LogP contribution >= 0.6 is 0 Å². The number of aryl methyl sites for hydroxylation is 1. The van der Waals surface area contributed by atoms with Crippen molar-refractivity contribution in [1.29, 1.82) is 0 Å². The van der Waals surface area contributed by atoms with Gasteiger partial charge in [-0.3, -0.25) is 9.78 Å². The zero-order chi connectivity index (χ0) is 18.9. The first-order chi connectivity index (χ1) is 13.3. The van der Waals surface area contributed by atoms with Crippen molar-refractivity contribution in [2.24, 2.45) is 0 Å². The molecule has 1 aliphatic carbocycles. The van der Waals surface area contributed by atoms with Crippen LogP contribution in [0.2, 0.25) is 0 Å². The molecule has 3 rings (SSSR count). The average molecular weight is 371 g/mol. The molecule has 2 heterocycles. The van der Waals surface area contributed by atoms with Crippen molar-refractivity contribution in [3.63, 3.8) is 0 Å². The molecule has 0 fully saturated rings. The zero-order valence-electron chi connectivity index (χ0n) is 15.6. The van der Waals surface area contributed by atoms with Gasteiger partial charge in [-0.1, -0.05) is 6.07 Å². The molecular weight excluding hydrogens is 346 g/mol. The molecule has 0 aliphatic heterocycles. The Morgan fingerprint density at radius 3 is 2.89 bits per heavy atom. The zero-order valence-corrected chi connectivity index (χ0v) is 15.6. The first-order valence-electron chi connectivity index (χ1n) is 9.20. The Hall–Kier alpha value is -2.67. The van der Waals surface area contributed by atoms with Crippen LogP contribution in [0.5, 0.6) is 11.6 Å². The van der Waals surface area contributed by atoms with E-state index in [1.807, 2.05) is 18.2 Å². The number of hydrogen-bond donors (Lipinski definition) is 1. The van der Waals surface area contributed by atoms with Crippen molar-refractivity contribution in [1.82, 2.24) is 15.3 Å². The molecule has 0 atom stereocenters. The second-order valence-electron chi connectivity index (χ2n) is 6.32. The predicted octanol–water partition coefficient (Wildman–Crippen LogP) is 2.08. The third kappa shape index (κ3) is 5.40.